The summed E-state index contributed by atoms with van der Waals surface area (Å²) in [7, 11) is 0. The van der Waals surface area contributed by atoms with Crippen molar-refractivity contribution in [1.82, 2.24) is 0 Å². The van der Waals surface area contributed by atoms with Crippen molar-refractivity contribution < 1.29 is 4.74 Å². The minimum Gasteiger partial charge on any atom is -0.441 e. The predicted molar refractivity (Wildman–Crippen MR) is 372 cm³/mol. The second kappa shape index (κ2) is 22.6. The third-order valence-corrected chi connectivity index (χ3v) is 19.0. The van der Waals surface area contributed by atoms with Crippen LogP contribution in [0.1, 0.15) is 49.9 Å². The topological polar surface area (TPSA) is 25.4 Å². The van der Waals surface area contributed by atoms with Crippen LogP contribution in [0.5, 0.6) is 5.75 Å². The van der Waals surface area contributed by atoms with Gasteiger partial charge >= 0.3 is 0 Å². The summed E-state index contributed by atoms with van der Waals surface area (Å²) in [6.45, 7) is 13.6. The van der Waals surface area contributed by atoms with Crippen molar-refractivity contribution in [1.29, 1.82) is 0 Å². The molecule has 9 heteroatoms. The minimum absolute atomic E-state index is 0.235. The van der Waals surface area contributed by atoms with Crippen molar-refractivity contribution in [3.63, 3.8) is 0 Å². The molecule has 4 heterocycles. The Hall–Kier alpha value is -9.82. The summed E-state index contributed by atoms with van der Waals surface area (Å²) in [6, 6.07) is 96.5. The number of thioether (sulfide) groups is 1. The number of ether oxygens (including phenoxy) is 1. The molecule has 11 aromatic rings. The van der Waals surface area contributed by atoms with Gasteiger partial charge in [0, 0.05) is 79.1 Å². The molecule has 0 amide bonds. The van der Waals surface area contributed by atoms with Crippen molar-refractivity contribution in [3.05, 3.63) is 305 Å². The van der Waals surface area contributed by atoms with Crippen LogP contribution in [0.25, 0.3) is 0 Å². The Morgan fingerprint density at radius 2 is 0.701 bits per heavy atom. The van der Waals surface area contributed by atoms with E-state index in [2.05, 4.69) is 313 Å². The van der Waals surface area contributed by atoms with E-state index >= 15 is 0 Å². The van der Waals surface area contributed by atoms with E-state index in [0.29, 0.717) is 0 Å². The first-order valence-corrected chi connectivity index (χ1v) is 31.5. The number of anilines is 14. The van der Waals surface area contributed by atoms with E-state index < -0.39 is 0 Å². The first-order chi connectivity index (χ1) is 42.9. The fraction of sp³-hybridized carbons (Fsp3) is 0.103. The van der Waals surface area contributed by atoms with Crippen LogP contribution in [0.4, 0.5) is 79.6 Å². The number of fused-ring (bicyclic) bond motifs is 5. The summed E-state index contributed by atoms with van der Waals surface area (Å²) in [5.41, 5.74) is 24.6. The predicted octanol–water partition coefficient (Wildman–Crippen LogP) is 18.4. The lowest BCUT2D eigenvalue weighted by Crippen LogP contribution is -2.57. The Balaban J connectivity index is 1.05. The van der Waals surface area contributed by atoms with Crippen LogP contribution in [-0.4, -0.2) is 13.4 Å². The first-order valence-electron chi connectivity index (χ1n) is 30.7. The summed E-state index contributed by atoms with van der Waals surface area (Å²) >= 11 is 1.78. The van der Waals surface area contributed by atoms with Crippen LogP contribution in [-0.2, 0) is 25.7 Å². The normalized spacial score (nSPS) is 13.6. The smallest absolute Gasteiger partial charge is 0.266 e. The lowest BCUT2D eigenvalue weighted by molar-refractivity contribution is 0.417. The van der Waals surface area contributed by atoms with Crippen molar-refractivity contribution in [2.24, 2.45) is 0 Å². The maximum absolute atomic E-state index is 8.12. The zero-order chi connectivity index (χ0) is 58.7. The molecule has 0 N–H and O–H groups in total. The molecule has 0 radical (unpaired) electrons. The molecule has 0 aliphatic carbocycles. The minimum atomic E-state index is -0.257. The average molecular weight is 1140 g/mol. The number of para-hydroxylation sites is 5. The molecule has 4 aliphatic heterocycles. The largest absolute Gasteiger partial charge is 0.441 e. The van der Waals surface area contributed by atoms with E-state index in [1.807, 2.05) is 0 Å². The maximum Gasteiger partial charge on any atom is 0.266 e. The number of hydrogen-bond acceptors (Lipinski definition) is 7. The highest BCUT2D eigenvalue weighted by atomic mass is 32.2. The zero-order valence-electron chi connectivity index (χ0n) is 49.6. The Morgan fingerprint density at radius 3 is 1.11 bits per heavy atom. The van der Waals surface area contributed by atoms with Gasteiger partial charge in [0.25, 0.3) is 13.4 Å². The van der Waals surface area contributed by atoms with Crippen LogP contribution in [0, 0.1) is 0 Å². The highest BCUT2D eigenvalue weighted by Crippen LogP contribution is 2.53. The highest BCUT2D eigenvalue weighted by molar-refractivity contribution is 8.10. The molecule has 11 aromatic carbocycles. The van der Waals surface area contributed by atoms with Crippen molar-refractivity contribution >= 4 is 127 Å². The van der Waals surface area contributed by atoms with E-state index in [0.717, 1.165) is 137 Å². The lowest BCUT2D eigenvalue weighted by Gasteiger charge is -2.46. The van der Waals surface area contributed by atoms with E-state index in [9.17, 15) is 0 Å². The Morgan fingerprint density at radius 1 is 0.356 bits per heavy atom. The van der Waals surface area contributed by atoms with Gasteiger partial charge in [-0.15, -0.1) is 11.8 Å². The molecule has 4 aliphatic rings. The van der Waals surface area contributed by atoms with Gasteiger partial charge in [0.1, 0.15) is 5.75 Å². The SMILES string of the molecule is C=C1SC2=C(Oc3cc(N(c4ccc(CC)cc4)c4ccc(CC)cc4)cc4c3B2c2ccccc2N4c2ccccc2)N(c2ccccc2)c2cc(N(c3ccc(CC)cc3)c3ccc(CC)cc3)cc3c2B1c1ccccc1N3c1ccccc1. The summed E-state index contributed by atoms with van der Waals surface area (Å²) in [6.07, 6.45) is 3.80. The molecule has 0 fully saturated rings. The third kappa shape index (κ3) is 9.31. The molecule has 0 saturated heterocycles. The summed E-state index contributed by atoms with van der Waals surface area (Å²) < 4.78 is 8.12. The fourth-order valence-electron chi connectivity index (χ4n) is 13.5. The quantitative estimate of drug-likeness (QED) is 0.106. The van der Waals surface area contributed by atoms with Crippen molar-refractivity contribution in [3.8, 4) is 5.75 Å². The fourth-order valence-corrected chi connectivity index (χ4v) is 14.8. The molecular formula is C78H65B2N5OS. The van der Waals surface area contributed by atoms with Gasteiger partial charge in [0.05, 0.1) is 11.4 Å². The van der Waals surface area contributed by atoms with Gasteiger partial charge in [-0.3, -0.25) is 4.90 Å². The Labute approximate surface area is 517 Å². The molecule has 87 heavy (non-hydrogen) atoms. The molecule has 0 aromatic heterocycles. The number of rotatable bonds is 13. The lowest BCUT2D eigenvalue weighted by atomic mass is 9.37. The van der Waals surface area contributed by atoms with Gasteiger partial charge in [-0.1, -0.05) is 174 Å². The number of benzene rings is 11. The van der Waals surface area contributed by atoms with Gasteiger partial charge in [-0.05, 0) is 190 Å². The second-order valence-electron chi connectivity index (χ2n) is 22.9. The van der Waals surface area contributed by atoms with Crippen molar-refractivity contribution in [2.75, 3.05) is 24.5 Å². The number of aryl methyl sites for hydroxylation is 4. The molecule has 0 bridgehead atoms. The van der Waals surface area contributed by atoms with E-state index in [4.69, 9.17) is 11.3 Å². The van der Waals surface area contributed by atoms with E-state index in [1.54, 1.807) is 11.8 Å². The summed E-state index contributed by atoms with van der Waals surface area (Å²) in [5.74, 6) is 1.54. The van der Waals surface area contributed by atoms with E-state index in [-0.39, 0.29) is 13.4 Å². The second-order valence-corrected chi connectivity index (χ2v) is 24.0. The van der Waals surface area contributed by atoms with Gasteiger partial charge in [0.2, 0.25) is 5.88 Å². The van der Waals surface area contributed by atoms with Gasteiger partial charge in [0.15, 0.2) is 0 Å². The van der Waals surface area contributed by atoms with Crippen LogP contribution >= 0.6 is 11.8 Å². The molecule has 0 saturated carbocycles. The number of nitrogens with zero attached hydrogens (tertiary/aromatic N) is 5. The van der Waals surface area contributed by atoms with Gasteiger partial charge in [-0.2, -0.15) is 0 Å². The molecule has 0 atom stereocenters. The first kappa shape index (κ1) is 53.9. The van der Waals surface area contributed by atoms with Crippen LogP contribution in [0.2, 0.25) is 0 Å². The van der Waals surface area contributed by atoms with Gasteiger partial charge < -0.3 is 24.3 Å². The Kier molecular flexibility index (Phi) is 14.0. The molecule has 6 nitrogen and oxygen atoms in total. The summed E-state index contributed by atoms with van der Waals surface area (Å²) in [4.78, 5) is 14.3. The highest BCUT2D eigenvalue weighted by Gasteiger charge is 2.50. The number of hydrogen-bond donors (Lipinski definition) is 0. The zero-order valence-corrected chi connectivity index (χ0v) is 50.4. The van der Waals surface area contributed by atoms with Gasteiger partial charge in [-0.25, -0.2) is 0 Å². The summed E-state index contributed by atoms with van der Waals surface area (Å²) in [5, 5.41) is 0. The third-order valence-electron chi connectivity index (χ3n) is 17.9. The molecular weight excluding hydrogens is 1080 g/mol. The van der Waals surface area contributed by atoms with E-state index in [1.165, 1.54) is 33.2 Å². The molecule has 0 unspecified atom stereocenters. The standard InChI is InChI=1S/C78H65B2N5OS/c1-6-54-33-41-61(42-34-54)81(62-43-35-55(7-2)36-44-62)65-49-71-75-72(50-65)85(60-27-17-12-18-28-60)78-77(87-53(5)79(75)67-29-19-21-31-69(67)83(71)58-23-13-10-14-24-58)80-68-30-20-22-32-70(68)84(59-25-15-11-16-26-59)73-51-66(52-74(86-78)76(73)80)82(63-45-37-56(8-3)38-46-63)64-47-39-57(9-4)40-48-64/h10-52H,5-9H2,1-4H3. The van der Waals surface area contributed by atoms with Crippen molar-refractivity contribution in [2.45, 2.75) is 53.4 Å². The Bertz CT molecular complexity index is 4330. The van der Waals surface area contributed by atoms with Crippen LogP contribution in [0.3, 0.4) is 0 Å². The van der Waals surface area contributed by atoms with Crippen LogP contribution in [0.15, 0.2) is 283 Å². The maximum atomic E-state index is 8.12. The monoisotopic (exact) mass is 1140 g/mol. The van der Waals surface area contributed by atoms with Crippen LogP contribution < -0.4 is 51.1 Å². The molecule has 0 spiro atoms. The molecule has 15 rings (SSSR count). The average Bonchev–Trinajstić information content (AvgIpc) is 0.854. The molecule has 420 valence electrons.